The van der Waals surface area contributed by atoms with Gasteiger partial charge in [-0.2, -0.15) is 0 Å². The molecule has 1 aliphatic heterocycles. The third-order valence-electron chi connectivity index (χ3n) is 3.22. The minimum Gasteiger partial charge on any atom is -0.491 e. The van der Waals surface area contributed by atoms with Crippen LogP contribution in [0.2, 0.25) is 0 Å². The monoisotopic (exact) mass is 302 g/mol. The summed E-state index contributed by atoms with van der Waals surface area (Å²) in [4.78, 5) is 15.3. The van der Waals surface area contributed by atoms with Crippen molar-refractivity contribution >= 4 is 17.0 Å². The highest BCUT2D eigenvalue weighted by atomic mass is 16.6. The van der Waals surface area contributed by atoms with E-state index in [-0.39, 0.29) is 12.2 Å². The number of pyridine rings is 1. The molecule has 1 amide bonds. The van der Waals surface area contributed by atoms with Crippen LogP contribution in [0.4, 0.5) is 4.79 Å². The van der Waals surface area contributed by atoms with Crippen molar-refractivity contribution in [3.8, 4) is 11.5 Å². The lowest BCUT2D eigenvalue weighted by atomic mass is 10.2. The molecule has 6 heteroatoms. The molecule has 6 nitrogen and oxygen atoms in total. The highest BCUT2D eigenvalue weighted by Crippen LogP contribution is 2.28. The van der Waals surface area contributed by atoms with Crippen molar-refractivity contribution in [3.05, 3.63) is 30.5 Å². The third-order valence-corrected chi connectivity index (χ3v) is 3.22. The molecular formula is C16H18N2O4. The molecule has 1 aliphatic rings. The minimum absolute atomic E-state index is 0.0995. The molecule has 0 saturated carbocycles. The molecule has 0 radical (unpaired) electrons. The van der Waals surface area contributed by atoms with E-state index in [0.29, 0.717) is 18.9 Å². The zero-order valence-electron chi connectivity index (χ0n) is 12.5. The first-order chi connectivity index (χ1) is 10.6. The average Bonchev–Trinajstić information content (AvgIpc) is 2.90. The van der Waals surface area contributed by atoms with Crippen LogP contribution in [0.25, 0.3) is 10.9 Å². The number of benzene rings is 1. The van der Waals surface area contributed by atoms with Crippen LogP contribution in [0.3, 0.4) is 0 Å². The lowest BCUT2D eigenvalue weighted by Gasteiger charge is -2.14. The van der Waals surface area contributed by atoms with E-state index in [1.54, 1.807) is 12.3 Å². The largest absolute Gasteiger partial charge is 0.491 e. The van der Waals surface area contributed by atoms with Gasteiger partial charge < -0.3 is 19.5 Å². The van der Waals surface area contributed by atoms with Crippen LogP contribution in [0.5, 0.6) is 11.5 Å². The third kappa shape index (κ3) is 3.21. The second kappa shape index (κ2) is 6.09. The number of rotatable bonds is 5. The molecule has 0 spiro atoms. The van der Waals surface area contributed by atoms with Crippen molar-refractivity contribution in [2.24, 2.45) is 0 Å². The Kier molecular flexibility index (Phi) is 4.00. The summed E-state index contributed by atoms with van der Waals surface area (Å²) >= 11 is 0. The second-order valence-corrected chi connectivity index (χ2v) is 5.37. The fraction of sp³-hybridized carbons (Fsp3) is 0.375. The van der Waals surface area contributed by atoms with E-state index in [2.05, 4.69) is 10.3 Å². The maximum Gasteiger partial charge on any atom is 0.407 e. The number of nitrogens with one attached hydrogen (secondary N) is 1. The van der Waals surface area contributed by atoms with E-state index in [0.717, 1.165) is 16.7 Å². The second-order valence-electron chi connectivity index (χ2n) is 5.37. The van der Waals surface area contributed by atoms with Crippen LogP contribution < -0.4 is 14.8 Å². The Morgan fingerprint density at radius 2 is 2.27 bits per heavy atom. The van der Waals surface area contributed by atoms with Gasteiger partial charge in [-0.3, -0.25) is 4.98 Å². The van der Waals surface area contributed by atoms with Gasteiger partial charge in [-0.1, -0.05) is 0 Å². The molecule has 1 atom stereocenters. The van der Waals surface area contributed by atoms with Gasteiger partial charge in [0.05, 0.1) is 18.2 Å². The first-order valence-corrected chi connectivity index (χ1v) is 7.24. The molecule has 22 heavy (non-hydrogen) atoms. The SMILES string of the molecule is CC(C)Oc1ccc2nccc(OC[C@H]3CNC(=O)O3)c2c1. The molecule has 1 aromatic carbocycles. The molecule has 3 rings (SSSR count). The van der Waals surface area contributed by atoms with Crippen molar-refractivity contribution in [2.45, 2.75) is 26.1 Å². The average molecular weight is 302 g/mol. The van der Waals surface area contributed by atoms with E-state index in [1.165, 1.54) is 0 Å². The van der Waals surface area contributed by atoms with E-state index >= 15 is 0 Å². The predicted octanol–water partition coefficient (Wildman–Crippen LogP) is 2.51. The molecule has 2 aromatic rings. The van der Waals surface area contributed by atoms with Crippen LogP contribution in [0, 0.1) is 0 Å². The van der Waals surface area contributed by atoms with E-state index < -0.39 is 6.09 Å². The van der Waals surface area contributed by atoms with Gasteiger partial charge in [-0.05, 0) is 38.1 Å². The number of hydrogen-bond acceptors (Lipinski definition) is 5. The Morgan fingerprint density at radius 1 is 1.41 bits per heavy atom. The number of hydrogen-bond donors (Lipinski definition) is 1. The molecule has 2 heterocycles. The molecule has 1 saturated heterocycles. The number of carbonyl (C=O) groups excluding carboxylic acids is 1. The van der Waals surface area contributed by atoms with Gasteiger partial charge in [0.25, 0.3) is 0 Å². The van der Waals surface area contributed by atoms with E-state index in [9.17, 15) is 4.79 Å². The standard InChI is InChI=1S/C16H18N2O4/c1-10(2)21-11-3-4-14-13(7-11)15(5-6-17-14)20-9-12-8-18-16(19)22-12/h3-7,10,12H,8-9H2,1-2H3,(H,18,19)/t12-/m1/s1. The lowest BCUT2D eigenvalue weighted by molar-refractivity contribution is 0.105. The Morgan fingerprint density at radius 3 is 3.00 bits per heavy atom. The molecule has 1 fully saturated rings. The minimum atomic E-state index is -0.402. The van der Waals surface area contributed by atoms with Crippen molar-refractivity contribution in [1.82, 2.24) is 10.3 Å². The van der Waals surface area contributed by atoms with Crippen LogP contribution in [0.1, 0.15) is 13.8 Å². The van der Waals surface area contributed by atoms with Crippen molar-refractivity contribution in [3.63, 3.8) is 0 Å². The Balaban J connectivity index is 1.80. The highest BCUT2D eigenvalue weighted by molar-refractivity contribution is 5.86. The zero-order chi connectivity index (χ0) is 15.5. The van der Waals surface area contributed by atoms with Crippen LogP contribution in [0.15, 0.2) is 30.5 Å². The number of cyclic esters (lactones) is 1. The fourth-order valence-corrected chi connectivity index (χ4v) is 2.28. The first kappa shape index (κ1) is 14.4. The summed E-state index contributed by atoms with van der Waals surface area (Å²) in [5.74, 6) is 1.47. The van der Waals surface area contributed by atoms with Crippen molar-refractivity contribution < 1.29 is 19.0 Å². The molecule has 1 aromatic heterocycles. The summed E-state index contributed by atoms with van der Waals surface area (Å²) in [6.45, 7) is 4.72. The number of ether oxygens (including phenoxy) is 3. The Bertz CT molecular complexity index is 687. The predicted molar refractivity (Wildman–Crippen MR) is 81.3 cm³/mol. The number of carbonyl (C=O) groups is 1. The Labute approximate surface area is 128 Å². The van der Waals surface area contributed by atoms with Crippen LogP contribution in [-0.2, 0) is 4.74 Å². The van der Waals surface area contributed by atoms with E-state index in [4.69, 9.17) is 14.2 Å². The Hall–Kier alpha value is -2.50. The zero-order valence-corrected chi connectivity index (χ0v) is 12.5. The molecular weight excluding hydrogens is 284 g/mol. The quantitative estimate of drug-likeness (QED) is 0.919. The van der Waals surface area contributed by atoms with Gasteiger partial charge in [0.15, 0.2) is 6.10 Å². The maximum absolute atomic E-state index is 11.0. The molecule has 0 aliphatic carbocycles. The van der Waals surface area contributed by atoms with Crippen LogP contribution >= 0.6 is 0 Å². The van der Waals surface area contributed by atoms with Gasteiger partial charge in [-0.15, -0.1) is 0 Å². The smallest absolute Gasteiger partial charge is 0.407 e. The summed E-state index contributed by atoms with van der Waals surface area (Å²) in [5.41, 5.74) is 0.829. The normalized spacial score (nSPS) is 17.4. The van der Waals surface area contributed by atoms with E-state index in [1.807, 2.05) is 32.0 Å². The van der Waals surface area contributed by atoms with Gasteiger partial charge in [0.1, 0.15) is 18.1 Å². The van der Waals surface area contributed by atoms with Crippen molar-refractivity contribution in [2.75, 3.05) is 13.2 Å². The van der Waals surface area contributed by atoms with Gasteiger partial charge in [-0.25, -0.2) is 4.79 Å². The summed E-state index contributed by atoms with van der Waals surface area (Å²) in [7, 11) is 0. The lowest BCUT2D eigenvalue weighted by Crippen LogP contribution is -2.22. The number of aromatic nitrogens is 1. The number of amides is 1. The summed E-state index contributed by atoms with van der Waals surface area (Å²) < 4.78 is 16.6. The summed E-state index contributed by atoms with van der Waals surface area (Å²) in [5, 5.41) is 3.47. The molecule has 1 N–H and O–H groups in total. The molecule has 0 bridgehead atoms. The molecule has 116 valence electrons. The fourth-order valence-electron chi connectivity index (χ4n) is 2.28. The van der Waals surface area contributed by atoms with Gasteiger partial charge >= 0.3 is 6.09 Å². The number of alkyl carbamates (subject to hydrolysis) is 1. The van der Waals surface area contributed by atoms with Gasteiger partial charge in [0, 0.05) is 11.6 Å². The first-order valence-electron chi connectivity index (χ1n) is 7.24. The van der Waals surface area contributed by atoms with Crippen LogP contribution in [-0.4, -0.2) is 36.4 Å². The highest BCUT2D eigenvalue weighted by Gasteiger charge is 2.23. The summed E-state index contributed by atoms with van der Waals surface area (Å²) in [6.07, 6.45) is 1.12. The number of fused-ring (bicyclic) bond motifs is 1. The number of nitrogens with zero attached hydrogens (tertiary/aromatic N) is 1. The maximum atomic E-state index is 11.0. The van der Waals surface area contributed by atoms with Gasteiger partial charge in [0.2, 0.25) is 0 Å². The topological polar surface area (TPSA) is 69.7 Å². The summed E-state index contributed by atoms with van der Waals surface area (Å²) in [6, 6.07) is 7.50. The van der Waals surface area contributed by atoms with Crippen molar-refractivity contribution in [1.29, 1.82) is 0 Å². The molecule has 0 unspecified atom stereocenters.